The highest BCUT2D eigenvalue weighted by molar-refractivity contribution is 6.15. The Labute approximate surface area is 194 Å². The van der Waals surface area contributed by atoms with Crippen LogP contribution in [0.25, 0.3) is 0 Å². The highest BCUT2D eigenvalue weighted by atomic mass is 16.7. The van der Waals surface area contributed by atoms with Gasteiger partial charge in [0.1, 0.15) is 5.60 Å². The lowest BCUT2D eigenvalue weighted by molar-refractivity contribution is -0.222. The number of benzene rings is 1. The molecule has 0 aliphatic carbocycles. The molecule has 2 saturated heterocycles. The summed E-state index contributed by atoms with van der Waals surface area (Å²) in [4.78, 5) is 38.4. The molecule has 3 rings (SSSR count). The van der Waals surface area contributed by atoms with Gasteiger partial charge in [0.15, 0.2) is 5.57 Å². The lowest BCUT2D eigenvalue weighted by Crippen LogP contribution is -2.44. The van der Waals surface area contributed by atoms with Crippen molar-refractivity contribution in [1.29, 1.82) is 0 Å². The lowest BCUT2D eigenvalue weighted by atomic mass is 10.0. The highest BCUT2D eigenvalue weighted by Gasteiger charge is 2.39. The molecular weight excluding hydrogens is 426 g/mol. The van der Waals surface area contributed by atoms with Crippen LogP contribution in [-0.4, -0.2) is 53.5 Å². The van der Waals surface area contributed by atoms with E-state index in [1.807, 2.05) is 45.9 Å². The van der Waals surface area contributed by atoms with Crippen molar-refractivity contribution in [2.75, 3.05) is 23.7 Å². The van der Waals surface area contributed by atoms with Crippen molar-refractivity contribution >= 4 is 29.4 Å². The van der Waals surface area contributed by atoms with Crippen molar-refractivity contribution in [2.24, 2.45) is 0 Å². The number of hydrogen-bond acceptors (Lipinski definition) is 8. The number of aryl methyl sites for hydroxylation is 1. The number of amides is 1. The topological polar surface area (TPSA) is 106 Å². The molecule has 0 aromatic heterocycles. The van der Waals surface area contributed by atoms with Crippen LogP contribution in [0.1, 0.15) is 53.0 Å². The molecule has 0 spiro atoms. The Bertz CT molecular complexity index is 933. The van der Waals surface area contributed by atoms with Gasteiger partial charge in [-0.3, -0.25) is 0 Å². The number of esters is 2. The van der Waals surface area contributed by atoms with E-state index in [0.29, 0.717) is 18.8 Å². The maximum atomic E-state index is 12.3. The van der Waals surface area contributed by atoms with Gasteiger partial charge in [-0.1, -0.05) is 6.07 Å². The van der Waals surface area contributed by atoms with Gasteiger partial charge in [-0.15, -0.1) is 0 Å². The molecule has 9 heteroatoms. The van der Waals surface area contributed by atoms with E-state index in [2.05, 4.69) is 10.6 Å². The van der Waals surface area contributed by atoms with Gasteiger partial charge in [0, 0.05) is 39.2 Å². The number of carbonyl (C=O) groups is 3. The number of hydrogen-bond donors (Lipinski definition) is 2. The molecule has 0 radical (unpaired) electrons. The molecule has 1 amide bonds. The van der Waals surface area contributed by atoms with Crippen LogP contribution in [0.2, 0.25) is 0 Å². The number of cyclic esters (lactones) is 2. The number of ether oxygens (including phenoxy) is 3. The predicted octanol–water partition coefficient (Wildman–Crippen LogP) is 3.94. The van der Waals surface area contributed by atoms with E-state index in [-0.39, 0.29) is 17.7 Å². The first-order valence-electron chi connectivity index (χ1n) is 11.1. The number of likely N-dealkylation sites (tertiary alicyclic amines) is 1. The fourth-order valence-corrected chi connectivity index (χ4v) is 3.58. The summed E-state index contributed by atoms with van der Waals surface area (Å²) in [5.74, 6) is -2.75. The van der Waals surface area contributed by atoms with Gasteiger partial charge in [-0.2, -0.15) is 0 Å². The monoisotopic (exact) mass is 459 g/mol. The number of nitrogens with one attached hydrogen (secondary N) is 2. The standard InChI is InChI=1S/C24H33N3O6/c1-15-7-8-18(25-14-17-20(28)31-24(5,6)32-21(17)29)19(13-15)26-16-9-11-27(12-10-16)22(30)33-23(2,3)4/h7-8,13-14,16,25-26H,9-12H2,1-6H3. The molecule has 1 aromatic carbocycles. The van der Waals surface area contributed by atoms with Crippen LogP contribution in [0.15, 0.2) is 30.0 Å². The molecule has 2 aliphatic heterocycles. The second-order valence-electron chi connectivity index (χ2n) is 9.82. The summed E-state index contributed by atoms with van der Waals surface area (Å²) in [6, 6.07) is 5.94. The summed E-state index contributed by atoms with van der Waals surface area (Å²) in [7, 11) is 0. The minimum Gasteiger partial charge on any atom is -0.444 e. The van der Waals surface area contributed by atoms with Crippen LogP contribution in [0.5, 0.6) is 0 Å². The van der Waals surface area contributed by atoms with Crippen LogP contribution in [0.3, 0.4) is 0 Å². The van der Waals surface area contributed by atoms with Gasteiger partial charge < -0.3 is 29.7 Å². The van der Waals surface area contributed by atoms with Crippen molar-refractivity contribution in [3.63, 3.8) is 0 Å². The Balaban J connectivity index is 1.65. The van der Waals surface area contributed by atoms with Crippen LogP contribution < -0.4 is 10.6 Å². The zero-order chi connectivity index (χ0) is 24.4. The third-order valence-corrected chi connectivity index (χ3v) is 5.17. The van der Waals surface area contributed by atoms with Crippen LogP contribution in [0.4, 0.5) is 16.2 Å². The fraction of sp³-hybridized carbons (Fsp3) is 0.542. The number of piperidine rings is 1. The predicted molar refractivity (Wildman–Crippen MR) is 124 cm³/mol. The largest absolute Gasteiger partial charge is 0.444 e. The van der Waals surface area contributed by atoms with E-state index >= 15 is 0 Å². The van der Waals surface area contributed by atoms with E-state index in [1.165, 1.54) is 20.0 Å². The van der Waals surface area contributed by atoms with Crippen molar-refractivity contribution in [3.05, 3.63) is 35.5 Å². The maximum Gasteiger partial charge on any atom is 0.410 e. The Hall–Kier alpha value is -3.23. The molecule has 0 bridgehead atoms. The van der Waals surface area contributed by atoms with Crippen molar-refractivity contribution < 1.29 is 28.6 Å². The highest BCUT2D eigenvalue weighted by Crippen LogP contribution is 2.28. The smallest absolute Gasteiger partial charge is 0.410 e. The number of anilines is 2. The van der Waals surface area contributed by atoms with E-state index in [1.54, 1.807) is 4.90 Å². The fourth-order valence-electron chi connectivity index (χ4n) is 3.58. The molecule has 2 N–H and O–H groups in total. The van der Waals surface area contributed by atoms with Crippen LogP contribution >= 0.6 is 0 Å². The van der Waals surface area contributed by atoms with E-state index in [4.69, 9.17) is 14.2 Å². The summed E-state index contributed by atoms with van der Waals surface area (Å²) in [5.41, 5.74) is 1.87. The molecule has 2 aliphatic rings. The summed E-state index contributed by atoms with van der Waals surface area (Å²) in [5, 5.41) is 6.55. The molecule has 33 heavy (non-hydrogen) atoms. The minimum absolute atomic E-state index is 0.157. The summed E-state index contributed by atoms with van der Waals surface area (Å²) in [6.45, 7) is 11.7. The van der Waals surface area contributed by atoms with Gasteiger partial charge in [-0.05, 0) is 58.2 Å². The number of nitrogens with zero attached hydrogens (tertiary/aromatic N) is 1. The van der Waals surface area contributed by atoms with E-state index < -0.39 is 23.3 Å². The summed E-state index contributed by atoms with van der Waals surface area (Å²) in [6.07, 6.45) is 2.55. The molecule has 0 atom stereocenters. The molecule has 0 saturated carbocycles. The lowest BCUT2D eigenvalue weighted by Gasteiger charge is -2.34. The zero-order valence-electron chi connectivity index (χ0n) is 20.1. The molecule has 2 heterocycles. The average Bonchev–Trinajstić information content (AvgIpc) is 2.67. The van der Waals surface area contributed by atoms with Crippen molar-refractivity contribution in [1.82, 2.24) is 4.90 Å². The van der Waals surface area contributed by atoms with Crippen molar-refractivity contribution in [3.8, 4) is 0 Å². The molecule has 180 valence electrons. The maximum absolute atomic E-state index is 12.3. The van der Waals surface area contributed by atoms with E-state index in [9.17, 15) is 14.4 Å². The molecule has 2 fully saturated rings. The molecule has 0 unspecified atom stereocenters. The average molecular weight is 460 g/mol. The Morgan fingerprint density at radius 2 is 1.73 bits per heavy atom. The summed E-state index contributed by atoms with van der Waals surface area (Å²) >= 11 is 0. The van der Waals surface area contributed by atoms with Gasteiger partial charge >= 0.3 is 18.0 Å². The molecule has 9 nitrogen and oxygen atoms in total. The first-order valence-corrected chi connectivity index (χ1v) is 11.1. The third kappa shape index (κ3) is 6.63. The van der Waals surface area contributed by atoms with Gasteiger partial charge in [0.05, 0.1) is 11.4 Å². The Kier molecular flexibility index (Phi) is 6.90. The number of rotatable bonds is 4. The Morgan fingerprint density at radius 1 is 1.12 bits per heavy atom. The van der Waals surface area contributed by atoms with Crippen LogP contribution in [-0.2, 0) is 23.8 Å². The normalized spacial score (nSPS) is 18.8. The van der Waals surface area contributed by atoms with Crippen LogP contribution in [0, 0.1) is 6.92 Å². The SMILES string of the molecule is Cc1ccc(NC=C2C(=O)OC(C)(C)OC2=O)c(NC2CCN(C(=O)OC(C)(C)C)CC2)c1. The molecule has 1 aromatic rings. The first-order chi connectivity index (χ1) is 15.3. The van der Waals surface area contributed by atoms with Gasteiger partial charge in [0.2, 0.25) is 0 Å². The van der Waals surface area contributed by atoms with Crippen molar-refractivity contribution in [2.45, 2.75) is 71.8 Å². The van der Waals surface area contributed by atoms with E-state index in [0.717, 1.165) is 24.1 Å². The minimum atomic E-state index is -1.28. The second kappa shape index (κ2) is 9.33. The second-order valence-corrected chi connectivity index (χ2v) is 9.82. The third-order valence-electron chi connectivity index (χ3n) is 5.17. The number of carbonyl (C=O) groups excluding carboxylic acids is 3. The van der Waals surface area contributed by atoms with Gasteiger partial charge in [-0.25, -0.2) is 14.4 Å². The molecular formula is C24H33N3O6. The quantitative estimate of drug-likeness (QED) is 0.396. The Morgan fingerprint density at radius 3 is 2.30 bits per heavy atom. The first kappa shape index (κ1) is 24.4. The summed E-state index contributed by atoms with van der Waals surface area (Å²) < 4.78 is 15.7. The zero-order valence-corrected chi connectivity index (χ0v) is 20.1. The van der Waals surface area contributed by atoms with Gasteiger partial charge in [0.25, 0.3) is 5.79 Å².